The lowest BCUT2D eigenvalue weighted by Crippen LogP contribution is -2.48. The van der Waals surface area contributed by atoms with Gasteiger partial charge in [0.1, 0.15) is 0 Å². The van der Waals surface area contributed by atoms with Crippen LogP contribution in [0.25, 0.3) is 0 Å². The molecule has 0 atom stereocenters. The van der Waals surface area contributed by atoms with E-state index in [0.717, 1.165) is 0 Å². The molecule has 2 fully saturated rings. The molecule has 2 aliphatic heterocycles. The normalized spacial score (nSPS) is 26.1. The van der Waals surface area contributed by atoms with E-state index in [1.54, 1.807) is 0 Å². The third-order valence-corrected chi connectivity index (χ3v) is 4.09. The van der Waals surface area contributed by atoms with Crippen molar-refractivity contribution in [2.75, 3.05) is 58.9 Å². The van der Waals surface area contributed by atoms with E-state index < -0.39 is 0 Å². The van der Waals surface area contributed by atoms with Gasteiger partial charge in [0.15, 0.2) is 0 Å². The Morgan fingerprint density at radius 3 is 1.69 bits per heavy atom. The third kappa shape index (κ3) is 3.72. The van der Waals surface area contributed by atoms with E-state index >= 15 is 0 Å². The van der Waals surface area contributed by atoms with Crippen LogP contribution in [0.5, 0.6) is 0 Å². The van der Waals surface area contributed by atoms with Gasteiger partial charge < -0.3 is 9.80 Å². The predicted octanol–water partition coefficient (Wildman–Crippen LogP) is 1.11. The van der Waals surface area contributed by atoms with Gasteiger partial charge in [-0.15, -0.1) is 0 Å². The Bertz CT molecular complexity index is 182. The molecule has 0 saturated carbocycles. The molecule has 3 heteroatoms. The van der Waals surface area contributed by atoms with Gasteiger partial charge in [-0.1, -0.05) is 13.3 Å². The van der Waals surface area contributed by atoms with Gasteiger partial charge >= 0.3 is 0 Å². The molecule has 0 aromatic rings. The van der Waals surface area contributed by atoms with E-state index in [1.165, 1.54) is 78.2 Å². The molecule has 94 valence electrons. The zero-order valence-corrected chi connectivity index (χ0v) is 10.8. The first-order valence-corrected chi connectivity index (χ1v) is 7.05. The molecule has 0 spiro atoms. The first kappa shape index (κ1) is 12.3. The number of likely N-dealkylation sites (N-methyl/N-ethyl adjacent to an activating group) is 1. The van der Waals surface area contributed by atoms with Crippen LogP contribution in [0.3, 0.4) is 0 Å². The van der Waals surface area contributed by atoms with Gasteiger partial charge in [-0.3, -0.25) is 4.90 Å². The largest absolute Gasteiger partial charge is 0.302 e. The molecule has 0 unspecified atom stereocenters. The second-order valence-corrected chi connectivity index (χ2v) is 5.18. The zero-order chi connectivity index (χ0) is 11.2. The average molecular weight is 225 g/mol. The fourth-order valence-corrected chi connectivity index (χ4v) is 2.79. The van der Waals surface area contributed by atoms with Crippen LogP contribution in [-0.4, -0.2) is 73.6 Å². The minimum absolute atomic E-state index is 1.22. The average Bonchev–Trinajstić information content (AvgIpc) is 2.38. The van der Waals surface area contributed by atoms with Crippen LogP contribution in [-0.2, 0) is 0 Å². The molecule has 2 rings (SSSR count). The van der Waals surface area contributed by atoms with Gasteiger partial charge in [0, 0.05) is 39.3 Å². The molecule has 0 radical (unpaired) electrons. The highest BCUT2D eigenvalue weighted by atomic mass is 15.3. The summed E-state index contributed by atoms with van der Waals surface area (Å²) in [5.74, 6) is 0. The quantitative estimate of drug-likeness (QED) is 0.710. The molecule has 0 amide bonds. The van der Waals surface area contributed by atoms with E-state index in [0.29, 0.717) is 0 Å². The van der Waals surface area contributed by atoms with Crippen LogP contribution in [0.2, 0.25) is 0 Å². The van der Waals surface area contributed by atoms with Crippen molar-refractivity contribution in [2.45, 2.75) is 26.2 Å². The third-order valence-electron chi connectivity index (χ3n) is 4.09. The maximum absolute atomic E-state index is 2.65. The fourth-order valence-electron chi connectivity index (χ4n) is 2.79. The van der Waals surface area contributed by atoms with Crippen molar-refractivity contribution in [3.05, 3.63) is 0 Å². The Hall–Kier alpha value is -0.120. The van der Waals surface area contributed by atoms with E-state index in [1.807, 2.05) is 0 Å². The molecule has 0 aromatic heterocycles. The summed E-state index contributed by atoms with van der Waals surface area (Å²) >= 11 is 0. The van der Waals surface area contributed by atoms with Crippen molar-refractivity contribution in [2.24, 2.45) is 0 Å². The Labute approximate surface area is 100 Å². The fraction of sp³-hybridized carbons (Fsp3) is 1.00. The SMILES string of the molecule is CCN1CCN(CCN2CCCCC2)CC1. The molecule has 2 heterocycles. The Morgan fingerprint density at radius 1 is 0.625 bits per heavy atom. The minimum atomic E-state index is 1.22. The molecule has 2 aliphatic rings. The second kappa shape index (κ2) is 6.58. The first-order valence-electron chi connectivity index (χ1n) is 7.05. The molecule has 0 bridgehead atoms. The molecule has 0 aliphatic carbocycles. The number of piperazine rings is 1. The lowest BCUT2D eigenvalue weighted by atomic mass is 10.1. The topological polar surface area (TPSA) is 9.72 Å². The van der Waals surface area contributed by atoms with E-state index in [9.17, 15) is 0 Å². The van der Waals surface area contributed by atoms with Gasteiger partial charge in [0.05, 0.1) is 0 Å². The Morgan fingerprint density at radius 2 is 1.12 bits per heavy atom. The van der Waals surface area contributed by atoms with Crippen molar-refractivity contribution in [1.29, 1.82) is 0 Å². The van der Waals surface area contributed by atoms with Crippen molar-refractivity contribution >= 4 is 0 Å². The second-order valence-electron chi connectivity index (χ2n) is 5.18. The Balaban J connectivity index is 1.59. The molecule has 2 saturated heterocycles. The highest BCUT2D eigenvalue weighted by molar-refractivity contribution is 4.73. The molecule has 0 aromatic carbocycles. The number of likely N-dealkylation sites (tertiary alicyclic amines) is 1. The van der Waals surface area contributed by atoms with Crippen molar-refractivity contribution < 1.29 is 0 Å². The summed E-state index contributed by atoms with van der Waals surface area (Å²) < 4.78 is 0. The lowest BCUT2D eigenvalue weighted by Gasteiger charge is -2.35. The van der Waals surface area contributed by atoms with E-state index in [-0.39, 0.29) is 0 Å². The summed E-state index contributed by atoms with van der Waals surface area (Å²) in [6.45, 7) is 13.9. The number of rotatable bonds is 4. The maximum atomic E-state index is 2.65. The van der Waals surface area contributed by atoms with Gasteiger partial charge in [-0.2, -0.15) is 0 Å². The number of hydrogen-bond donors (Lipinski definition) is 0. The summed E-state index contributed by atoms with van der Waals surface area (Å²) in [6, 6.07) is 0. The number of nitrogens with zero attached hydrogens (tertiary/aromatic N) is 3. The summed E-state index contributed by atoms with van der Waals surface area (Å²) in [4.78, 5) is 7.84. The highest BCUT2D eigenvalue weighted by Gasteiger charge is 2.16. The minimum Gasteiger partial charge on any atom is -0.302 e. The monoisotopic (exact) mass is 225 g/mol. The molecular formula is C13H27N3. The lowest BCUT2D eigenvalue weighted by molar-refractivity contribution is 0.117. The van der Waals surface area contributed by atoms with Crippen LogP contribution in [0.1, 0.15) is 26.2 Å². The van der Waals surface area contributed by atoms with Gasteiger partial charge in [-0.05, 0) is 32.5 Å². The first-order chi connectivity index (χ1) is 7.88. The van der Waals surface area contributed by atoms with Crippen molar-refractivity contribution in [3.8, 4) is 0 Å². The van der Waals surface area contributed by atoms with Crippen molar-refractivity contribution in [1.82, 2.24) is 14.7 Å². The van der Waals surface area contributed by atoms with Crippen LogP contribution < -0.4 is 0 Å². The zero-order valence-electron chi connectivity index (χ0n) is 10.8. The Kier molecular flexibility index (Phi) is 5.07. The molecule has 16 heavy (non-hydrogen) atoms. The smallest absolute Gasteiger partial charge is 0.0110 e. The van der Waals surface area contributed by atoms with E-state index in [4.69, 9.17) is 0 Å². The molecule has 0 N–H and O–H groups in total. The highest BCUT2D eigenvalue weighted by Crippen LogP contribution is 2.08. The van der Waals surface area contributed by atoms with Crippen LogP contribution in [0.4, 0.5) is 0 Å². The summed E-state index contributed by atoms with van der Waals surface area (Å²) in [5.41, 5.74) is 0. The summed E-state index contributed by atoms with van der Waals surface area (Å²) in [6.07, 6.45) is 4.29. The number of hydrogen-bond acceptors (Lipinski definition) is 3. The maximum Gasteiger partial charge on any atom is 0.0110 e. The summed E-state index contributed by atoms with van der Waals surface area (Å²) in [7, 11) is 0. The van der Waals surface area contributed by atoms with E-state index in [2.05, 4.69) is 21.6 Å². The van der Waals surface area contributed by atoms with Gasteiger partial charge in [-0.25, -0.2) is 0 Å². The predicted molar refractivity (Wildman–Crippen MR) is 68.8 cm³/mol. The van der Waals surface area contributed by atoms with Gasteiger partial charge in [0.25, 0.3) is 0 Å². The van der Waals surface area contributed by atoms with Crippen LogP contribution in [0.15, 0.2) is 0 Å². The summed E-state index contributed by atoms with van der Waals surface area (Å²) in [5, 5.41) is 0. The van der Waals surface area contributed by atoms with Gasteiger partial charge in [0.2, 0.25) is 0 Å². The standard InChI is InChI=1S/C13H27N3/c1-2-14-8-10-16(11-9-14)13-12-15-6-4-3-5-7-15/h2-13H2,1H3. The molecular weight excluding hydrogens is 198 g/mol. The van der Waals surface area contributed by atoms with Crippen LogP contribution in [0, 0.1) is 0 Å². The number of piperidine rings is 1. The van der Waals surface area contributed by atoms with Crippen LogP contribution >= 0.6 is 0 Å². The molecule has 3 nitrogen and oxygen atoms in total. The van der Waals surface area contributed by atoms with Crippen molar-refractivity contribution in [3.63, 3.8) is 0 Å².